The molecule has 4 nitrogen and oxygen atoms in total. The summed E-state index contributed by atoms with van der Waals surface area (Å²) in [6, 6.07) is 11.6. The lowest BCUT2D eigenvalue weighted by molar-refractivity contribution is -0.129. The number of furan rings is 1. The van der Waals surface area contributed by atoms with Crippen LogP contribution in [-0.4, -0.2) is 41.9 Å². The Balaban J connectivity index is 1.64. The smallest absolute Gasteiger partial charge is 0.224 e. The Bertz CT molecular complexity index is 726. The minimum Gasteiger partial charge on any atom is -0.460 e. The maximum Gasteiger partial charge on any atom is 0.224 e. The van der Waals surface area contributed by atoms with E-state index >= 15 is 0 Å². The van der Waals surface area contributed by atoms with E-state index in [1.54, 1.807) is 6.08 Å². The first-order chi connectivity index (χ1) is 11.7. The molecule has 0 radical (unpaired) electrons. The highest BCUT2D eigenvalue weighted by molar-refractivity contribution is 6.30. The average Bonchev–Trinajstić information content (AvgIpc) is 2.97. The fourth-order valence-electron chi connectivity index (χ4n) is 2.90. The largest absolute Gasteiger partial charge is 0.460 e. The molecule has 0 N–H and O–H groups in total. The van der Waals surface area contributed by atoms with Crippen molar-refractivity contribution in [1.82, 2.24) is 9.80 Å². The molecule has 1 aromatic heterocycles. The minimum atomic E-state index is 0.191. The lowest BCUT2D eigenvalue weighted by atomic mass is 10.2. The Morgan fingerprint density at radius 3 is 2.88 bits per heavy atom. The van der Waals surface area contributed by atoms with Crippen molar-refractivity contribution in [2.45, 2.75) is 13.0 Å². The first-order valence-electron chi connectivity index (χ1n) is 8.11. The number of hydrogen-bond acceptors (Lipinski definition) is 3. The van der Waals surface area contributed by atoms with Gasteiger partial charge < -0.3 is 9.32 Å². The highest BCUT2D eigenvalue weighted by atomic mass is 35.5. The number of benzene rings is 1. The molecule has 1 amide bonds. The van der Waals surface area contributed by atoms with Gasteiger partial charge in [0.2, 0.25) is 5.91 Å². The van der Waals surface area contributed by atoms with Gasteiger partial charge in [0.1, 0.15) is 11.5 Å². The third kappa shape index (κ3) is 4.08. The normalized spacial score (nSPS) is 16.2. The second-order valence-corrected chi connectivity index (χ2v) is 6.37. The van der Waals surface area contributed by atoms with Crippen molar-refractivity contribution >= 4 is 17.5 Å². The van der Waals surface area contributed by atoms with E-state index < -0.39 is 0 Å². The summed E-state index contributed by atoms with van der Waals surface area (Å²) in [6.07, 6.45) is 2.31. The molecule has 2 aromatic rings. The summed E-state index contributed by atoms with van der Waals surface area (Å²) < 4.78 is 5.95. The Morgan fingerprint density at radius 2 is 2.08 bits per heavy atom. The molecule has 1 aromatic carbocycles. The second kappa shape index (κ2) is 7.69. The van der Waals surface area contributed by atoms with Gasteiger partial charge in [0.25, 0.3) is 0 Å². The van der Waals surface area contributed by atoms with Crippen LogP contribution in [-0.2, 0) is 11.3 Å². The molecule has 0 unspecified atom stereocenters. The summed E-state index contributed by atoms with van der Waals surface area (Å²) in [5.41, 5.74) is 0.969. The van der Waals surface area contributed by atoms with Gasteiger partial charge in [0.15, 0.2) is 0 Å². The van der Waals surface area contributed by atoms with E-state index in [1.807, 2.05) is 41.3 Å². The second-order valence-electron chi connectivity index (χ2n) is 5.93. The van der Waals surface area contributed by atoms with Crippen LogP contribution in [0, 0.1) is 0 Å². The standard InChI is InChI=1S/C19H21ClN2O2/c1-2-9-22-12-11-21(10-8-19(22)23)14-17-6-7-18(24-17)15-4-3-5-16(20)13-15/h2-7,13H,1,8-12,14H2. The number of carbonyl (C=O) groups is 1. The Hall–Kier alpha value is -2.04. The number of amides is 1. The third-order valence-corrected chi connectivity index (χ3v) is 4.42. The monoisotopic (exact) mass is 344 g/mol. The van der Waals surface area contributed by atoms with Crippen molar-refractivity contribution in [3.63, 3.8) is 0 Å². The van der Waals surface area contributed by atoms with Crippen molar-refractivity contribution < 1.29 is 9.21 Å². The van der Waals surface area contributed by atoms with Crippen LogP contribution in [0.25, 0.3) is 11.3 Å². The molecule has 1 fully saturated rings. The number of hydrogen-bond donors (Lipinski definition) is 0. The number of halogens is 1. The maximum atomic E-state index is 12.0. The van der Waals surface area contributed by atoms with Crippen LogP contribution in [0.5, 0.6) is 0 Å². The van der Waals surface area contributed by atoms with Gasteiger partial charge in [-0.05, 0) is 24.3 Å². The molecule has 3 rings (SSSR count). The molecular weight excluding hydrogens is 324 g/mol. The zero-order valence-corrected chi connectivity index (χ0v) is 14.3. The van der Waals surface area contributed by atoms with Crippen molar-refractivity contribution in [1.29, 1.82) is 0 Å². The van der Waals surface area contributed by atoms with Gasteiger partial charge >= 0.3 is 0 Å². The molecule has 5 heteroatoms. The summed E-state index contributed by atoms with van der Waals surface area (Å²) in [5.74, 6) is 1.90. The van der Waals surface area contributed by atoms with Crippen molar-refractivity contribution in [2.75, 3.05) is 26.2 Å². The number of rotatable bonds is 5. The quantitative estimate of drug-likeness (QED) is 0.774. The highest BCUT2D eigenvalue weighted by Gasteiger charge is 2.20. The summed E-state index contributed by atoms with van der Waals surface area (Å²) in [6.45, 7) is 7.35. The van der Waals surface area contributed by atoms with Crippen LogP contribution in [0.2, 0.25) is 5.02 Å². The van der Waals surface area contributed by atoms with E-state index in [9.17, 15) is 4.79 Å². The number of nitrogens with zero attached hydrogens (tertiary/aromatic N) is 2. The van der Waals surface area contributed by atoms with Gasteiger partial charge in [0, 0.05) is 43.2 Å². The maximum absolute atomic E-state index is 12.0. The molecular formula is C19H21ClN2O2. The van der Waals surface area contributed by atoms with E-state index in [-0.39, 0.29) is 5.91 Å². The van der Waals surface area contributed by atoms with Crippen molar-refractivity contribution in [3.8, 4) is 11.3 Å². The van der Waals surface area contributed by atoms with Gasteiger partial charge in [0.05, 0.1) is 6.54 Å². The Morgan fingerprint density at radius 1 is 1.21 bits per heavy atom. The van der Waals surface area contributed by atoms with Gasteiger partial charge in [-0.2, -0.15) is 0 Å². The fraction of sp³-hybridized carbons (Fsp3) is 0.316. The lowest BCUT2D eigenvalue weighted by Crippen LogP contribution is -2.33. The van der Waals surface area contributed by atoms with Gasteiger partial charge in [-0.15, -0.1) is 6.58 Å². The molecule has 1 aliphatic heterocycles. The van der Waals surface area contributed by atoms with E-state index in [2.05, 4.69) is 11.5 Å². The molecule has 126 valence electrons. The third-order valence-electron chi connectivity index (χ3n) is 4.18. The summed E-state index contributed by atoms with van der Waals surface area (Å²) in [7, 11) is 0. The van der Waals surface area contributed by atoms with Gasteiger partial charge in [-0.3, -0.25) is 9.69 Å². The number of carbonyl (C=O) groups excluding carboxylic acids is 1. The van der Waals surface area contributed by atoms with E-state index in [0.29, 0.717) is 24.5 Å². The van der Waals surface area contributed by atoms with E-state index in [1.165, 1.54) is 0 Å². The first kappa shape index (κ1) is 16.8. The van der Waals surface area contributed by atoms with Gasteiger partial charge in [-0.1, -0.05) is 29.8 Å². The van der Waals surface area contributed by atoms with E-state index in [0.717, 1.165) is 36.7 Å². The van der Waals surface area contributed by atoms with Crippen molar-refractivity contribution in [2.24, 2.45) is 0 Å². The van der Waals surface area contributed by atoms with Crippen LogP contribution in [0.15, 0.2) is 53.5 Å². The summed E-state index contributed by atoms with van der Waals surface area (Å²) in [4.78, 5) is 16.1. The molecule has 1 saturated heterocycles. The average molecular weight is 345 g/mol. The van der Waals surface area contributed by atoms with Crippen LogP contribution >= 0.6 is 11.6 Å². The predicted molar refractivity (Wildman–Crippen MR) is 95.8 cm³/mol. The molecule has 0 atom stereocenters. The van der Waals surface area contributed by atoms with Crippen molar-refractivity contribution in [3.05, 3.63) is 59.8 Å². The molecule has 0 spiro atoms. The van der Waals surface area contributed by atoms with Crippen LogP contribution in [0.3, 0.4) is 0 Å². The van der Waals surface area contributed by atoms with Crippen LogP contribution in [0.4, 0.5) is 0 Å². The lowest BCUT2D eigenvalue weighted by Gasteiger charge is -2.20. The van der Waals surface area contributed by atoms with Crippen LogP contribution in [0.1, 0.15) is 12.2 Å². The zero-order valence-electron chi connectivity index (χ0n) is 13.6. The Kier molecular flexibility index (Phi) is 5.38. The summed E-state index contributed by atoms with van der Waals surface area (Å²) >= 11 is 6.03. The SMILES string of the molecule is C=CCN1CCN(Cc2ccc(-c3cccc(Cl)c3)o2)CCC1=O. The van der Waals surface area contributed by atoms with Gasteiger partial charge in [-0.25, -0.2) is 0 Å². The predicted octanol–water partition coefficient (Wildman–Crippen LogP) is 3.82. The Labute approximate surface area is 147 Å². The fourth-order valence-corrected chi connectivity index (χ4v) is 3.09. The first-order valence-corrected chi connectivity index (χ1v) is 8.49. The molecule has 0 saturated carbocycles. The molecule has 0 aliphatic carbocycles. The molecule has 0 bridgehead atoms. The van der Waals surface area contributed by atoms with Crippen LogP contribution < -0.4 is 0 Å². The zero-order chi connectivity index (χ0) is 16.9. The van der Waals surface area contributed by atoms with E-state index in [4.69, 9.17) is 16.0 Å². The molecule has 24 heavy (non-hydrogen) atoms. The molecule has 1 aliphatic rings. The molecule has 2 heterocycles. The summed E-state index contributed by atoms with van der Waals surface area (Å²) in [5, 5.41) is 0.693. The minimum absolute atomic E-state index is 0.191. The topological polar surface area (TPSA) is 36.7 Å². The highest BCUT2D eigenvalue weighted by Crippen LogP contribution is 2.25.